The number of nitrogens with one attached hydrogen (secondary N) is 1. The monoisotopic (exact) mass is 352 g/mol. The molecule has 0 aliphatic carbocycles. The average Bonchev–Trinajstić information content (AvgIpc) is 2.45. The van der Waals surface area contributed by atoms with E-state index in [2.05, 4.69) is 21.2 Å². The number of rotatable bonds is 4. The van der Waals surface area contributed by atoms with Crippen LogP contribution in [0, 0.1) is 5.82 Å². The van der Waals surface area contributed by atoms with E-state index in [4.69, 9.17) is 10.5 Å². The number of halogens is 2. The van der Waals surface area contributed by atoms with Gasteiger partial charge in [0.25, 0.3) is 5.91 Å². The molecule has 1 amide bonds. The van der Waals surface area contributed by atoms with Crippen molar-refractivity contribution in [2.24, 2.45) is 0 Å². The first-order valence-corrected chi connectivity index (χ1v) is 7.03. The lowest BCUT2D eigenvalue weighted by atomic mass is 10.2. The molecule has 0 heterocycles. The fourth-order valence-corrected chi connectivity index (χ4v) is 1.96. The molecule has 0 aliphatic rings. The van der Waals surface area contributed by atoms with Gasteiger partial charge in [0.2, 0.25) is 0 Å². The van der Waals surface area contributed by atoms with Gasteiger partial charge in [0.1, 0.15) is 11.6 Å². The van der Waals surface area contributed by atoms with E-state index in [1.54, 1.807) is 31.2 Å². The van der Waals surface area contributed by atoms with E-state index < -0.39 is 11.9 Å². The summed E-state index contributed by atoms with van der Waals surface area (Å²) < 4.78 is 19.2. The second-order valence-electron chi connectivity index (χ2n) is 4.45. The lowest BCUT2D eigenvalue weighted by Crippen LogP contribution is -2.30. The smallest absolute Gasteiger partial charge is 0.265 e. The Balaban J connectivity index is 2.02. The number of nitrogen functional groups attached to an aromatic ring is 1. The molecule has 0 aromatic heterocycles. The third-order valence-corrected chi connectivity index (χ3v) is 3.40. The molecule has 2 rings (SSSR count). The molecule has 4 nitrogen and oxygen atoms in total. The molecule has 2 aromatic carbocycles. The van der Waals surface area contributed by atoms with Gasteiger partial charge in [-0.25, -0.2) is 4.39 Å². The fraction of sp³-hybridized carbons (Fsp3) is 0.133. The number of carbonyl (C=O) groups excluding carboxylic acids is 1. The molecule has 0 aliphatic heterocycles. The Morgan fingerprint density at radius 1 is 1.29 bits per heavy atom. The summed E-state index contributed by atoms with van der Waals surface area (Å²) in [6.45, 7) is 1.59. The summed E-state index contributed by atoms with van der Waals surface area (Å²) in [7, 11) is 0. The van der Waals surface area contributed by atoms with Crippen LogP contribution in [-0.2, 0) is 4.79 Å². The molecular formula is C15H14BrFN2O2. The number of benzene rings is 2. The van der Waals surface area contributed by atoms with Gasteiger partial charge in [-0.1, -0.05) is 0 Å². The molecular weight excluding hydrogens is 339 g/mol. The van der Waals surface area contributed by atoms with Crippen molar-refractivity contribution in [3.05, 3.63) is 52.8 Å². The summed E-state index contributed by atoms with van der Waals surface area (Å²) in [6.07, 6.45) is -0.777. The van der Waals surface area contributed by atoms with Gasteiger partial charge >= 0.3 is 0 Å². The molecule has 0 saturated carbocycles. The Morgan fingerprint density at radius 3 is 2.62 bits per heavy atom. The van der Waals surface area contributed by atoms with Crippen molar-refractivity contribution in [2.45, 2.75) is 13.0 Å². The summed E-state index contributed by atoms with van der Waals surface area (Å²) in [6, 6.07) is 10.8. The second-order valence-corrected chi connectivity index (χ2v) is 5.30. The van der Waals surface area contributed by atoms with E-state index in [-0.39, 0.29) is 11.7 Å². The van der Waals surface area contributed by atoms with Crippen LogP contribution < -0.4 is 15.8 Å². The molecule has 21 heavy (non-hydrogen) atoms. The predicted molar refractivity (Wildman–Crippen MR) is 83.7 cm³/mol. The van der Waals surface area contributed by atoms with Crippen molar-refractivity contribution in [3.63, 3.8) is 0 Å². The third-order valence-electron chi connectivity index (χ3n) is 2.74. The predicted octanol–water partition coefficient (Wildman–Crippen LogP) is 3.58. The summed E-state index contributed by atoms with van der Waals surface area (Å²) >= 11 is 3.25. The molecule has 2 aromatic rings. The molecule has 1 unspecified atom stereocenters. The molecule has 0 radical (unpaired) electrons. The third kappa shape index (κ3) is 4.19. The van der Waals surface area contributed by atoms with Crippen molar-refractivity contribution < 1.29 is 13.9 Å². The highest BCUT2D eigenvalue weighted by Gasteiger charge is 2.16. The Morgan fingerprint density at radius 2 is 1.95 bits per heavy atom. The van der Waals surface area contributed by atoms with Crippen molar-refractivity contribution in [1.82, 2.24) is 0 Å². The van der Waals surface area contributed by atoms with Gasteiger partial charge in [-0.15, -0.1) is 0 Å². The summed E-state index contributed by atoms with van der Waals surface area (Å²) in [4.78, 5) is 12.0. The van der Waals surface area contributed by atoms with E-state index in [9.17, 15) is 9.18 Å². The fourth-order valence-electron chi connectivity index (χ4n) is 1.62. The van der Waals surface area contributed by atoms with Crippen LogP contribution in [0.4, 0.5) is 15.8 Å². The highest BCUT2D eigenvalue weighted by atomic mass is 79.9. The number of anilines is 2. The van der Waals surface area contributed by atoms with Crippen LogP contribution in [0.25, 0.3) is 0 Å². The molecule has 3 N–H and O–H groups in total. The van der Waals surface area contributed by atoms with Crippen molar-refractivity contribution in [1.29, 1.82) is 0 Å². The van der Waals surface area contributed by atoms with Crippen molar-refractivity contribution >= 4 is 33.2 Å². The zero-order valence-corrected chi connectivity index (χ0v) is 12.9. The molecule has 0 bridgehead atoms. The molecule has 1 atom stereocenters. The number of amides is 1. The molecule has 110 valence electrons. The van der Waals surface area contributed by atoms with E-state index in [1.165, 1.54) is 18.2 Å². The Kier molecular flexibility index (Phi) is 4.80. The van der Waals surface area contributed by atoms with E-state index in [1.807, 2.05) is 0 Å². The van der Waals surface area contributed by atoms with Crippen LogP contribution in [0.2, 0.25) is 0 Å². The van der Waals surface area contributed by atoms with Gasteiger partial charge in [-0.2, -0.15) is 0 Å². The lowest BCUT2D eigenvalue weighted by Gasteiger charge is -2.16. The van der Waals surface area contributed by atoms with Crippen LogP contribution in [0.5, 0.6) is 5.75 Å². The van der Waals surface area contributed by atoms with Gasteiger partial charge in [-0.3, -0.25) is 4.79 Å². The maximum absolute atomic E-state index is 13.2. The van der Waals surface area contributed by atoms with E-state index in [0.29, 0.717) is 15.8 Å². The SMILES string of the molecule is CC(Oc1cc(F)ccc1Br)C(=O)Nc1ccc(N)cc1. The van der Waals surface area contributed by atoms with Gasteiger partial charge in [0.15, 0.2) is 6.10 Å². The standard InChI is InChI=1S/C15H14BrFN2O2/c1-9(21-14-8-10(17)2-7-13(14)16)15(20)19-12-5-3-11(18)4-6-12/h2-9H,18H2,1H3,(H,19,20). The van der Waals surface area contributed by atoms with Gasteiger partial charge in [-0.05, 0) is 59.3 Å². The van der Waals surface area contributed by atoms with Crippen molar-refractivity contribution in [2.75, 3.05) is 11.1 Å². The minimum atomic E-state index is -0.777. The lowest BCUT2D eigenvalue weighted by molar-refractivity contribution is -0.122. The summed E-state index contributed by atoms with van der Waals surface area (Å²) in [5, 5.41) is 2.69. The quantitative estimate of drug-likeness (QED) is 0.826. The Bertz CT molecular complexity index is 647. The number of hydrogen-bond donors (Lipinski definition) is 2. The maximum atomic E-state index is 13.2. The van der Waals surface area contributed by atoms with E-state index in [0.717, 1.165) is 0 Å². The first-order chi connectivity index (χ1) is 9.95. The minimum absolute atomic E-state index is 0.273. The largest absolute Gasteiger partial charge is 0.480 e. The zero-order chi connectivity index (χ0) is 15.4. The second kappa shape index (κ2) is 6.58. The maximum Gasteiger partial charge on any atom is 0.265 e. The number of ether oxygens (including phenoxy) is 1. The molecule has 0 saturated heterocycles. The summed E-state index contributed by atoms with van der Waals surface area (Å²) in [5.41, 5.74) is 6.80. The van der Waals surface area contributed by atoms with Crippen LogP contribution in [0.1, 0.15) is 6.92 Å². The average molecular weight is 353 g/mol. The number of nitrogens with two attached hydrogens (primary N) is 1. The number of hydrogen-bond acceptors (Lipinski definition) is 3. The Hall–Kier alpha value is -2.08. The molecule has 6 heteroatoms. The summed E-state index contributed by atoms with van der Waals surface area (Å²) in [5.74, 6) is -0.495. The van der Waals surface area contributed by atoms with Crippen LogP contribution in [0.3, 0.4) is 0 Å². The van der Waals surface area contributed by atoms with Crippen LogP contribution in [-0.4, -0.2) is 12.0 Å². The highest BCUT2D eigenvalue weighted by Crippen LogP contribution is 2.26. The highest BCUT2D eigenvalue weighted by molar-refractivity contribution is 9.10. The minimum Gasteiger partial charge on any atom is -0.480 e. The van der Waals surface area contributed by atoms with Crippen molar-refractivity contribution in [3.8, 4) is 5.75 Å². The Labute approximate surface area is 130 Å². The van der Waals surface area contributed by atoms with Gasteiger partial charge in [0, 0.05) is 17.4 Å². The molecule has 0 fully saturated rings. The van der Waals surface area contributed by atoms with Gasteiger partial charge < -0.3 is 15.8 Å². The zero-order valence-electron chi connectivity index (χ0n) is 11.3. The first kappa shape index (κ1) is 15.3. The first-order valence-electron chi connectivity index (χ1n) is 6.24. The van der Waals surface area contributed by atoms with Crippen LogP contribution in [0.15, 0.2) is 46.9 Å². The number of carbonyl (C=O) groups is 1. The van der Waals surface area contributed by atoms with E-state index >= 15 is 0 Å². The topological polar surface area (TPSA) is 64.3 Å². The normalized spacial score (nSPS) is 11.8. The van der Waals surface area contributed by atoms with Gasteiger partial charge in [0.05, 0.1) is 4.47 Å². The van der Waals surface area contributed by atoms with Crippen LogP contribution >= 0.6 is 15.9 Å². The molecule has 0 spiro atoms.